The Kier molecular flexibility index (Phi) is 6.54. The largest absolute Gasteiger partial charge is 0.454 e. The van der Waals surface area contributed by atoms with Crippen LogP contribution in [0.25, 0.3) is 0 Å². The molecule has 6 heteroatoms. The van der Waals surface area contributed by atoms with Gasteiger partial charge in [-0.3, -0.25) is 4.99 Å². The van der Waals surface area contributed by atoms with Crippen molar-refractivity contribution in [3.63, 3.8) is 0 Å². The van der Waals surface area contributed by atoms with Gasteiger partial charge in [0.2, 0.25) is 6.79 Å². The Morgan fingerprint density at radius 2 is 1.70 bits per heavy atom. The van der Waals surface area contributed by atoms with E-state index in [4.69, 9.17) is 9.47 Å². The van der Waals surface area contributed by atoms with Crippen molar-refractivity contribution in [1.29, 1.82) is 0 Å². The third-order valence-electron chi connectivity index (χ3n) is 4.56. The van der Waals surface area contributed by atoms with Gasteiger partial charge in [-0.05, 0) is 42.4 Å². The van der Waals surface area contributed by atoms with Crippen LogP contribution in [0.15, 0.2) is 47.5 Å². The Bertz CT molecular complexity index is 792. The Labute approximate surface area is 161 Å². The van der Waals surface area contributed by atoms with E-state index in [0.29, 0.717) is 13.3 Å². The van der Waals surface area contributed by atoms with Gasteiger partial charge in [0, 0.05) is 26.7 Å². The second-order valence-corrected chi connectivity index (χ2v) is 6.62. The maximum Gasteiger partial charge on any atom is 0.231 e. The molecule has 0 saturated carbocycles. The van der Waals surface area contributed by atoms with E-state index in [9.17, 15) is 0 Å². The second-order valence-electron chi connectivity index (χ2n) is 6.62. The van der Waals surface area contributed by atoms with Gasteiger partial charge in [-0.1, -0.05) is 37.3 Å². The Balaban J connectivity index is 1.51. The van der Waals surface area contributed by atoms with Gasteiger partial charge in [-0.25, -0.2) is 0 Å². The van der Waals surface area contributed by atoms with Gasteiger partial charge in [0.05, 0.1) is 0 Å². The van der Waals surface area contributed by atoms with Gasteiger partial charge in [0.1, 0.15) is 0 Å². The fourth-order valence-corrected chi connectivity index (χ4v) is 2.90. The Morgan fingerprint density at radius 1 is 1.00 bits per heavy atom. The van der Waals surface area contributed by atoms with Gasteiger partial charge < -0.3 is 25.0 Å². The highest BCUT2D eigenvalue weighted by atomic mass is 16.7. The van der Waals surface area contributed by atoms with Gasteiger partial charge in [-0.15, -0.1) is 0 Å². The predicted molar refractivity (Wildman–Crippen MR) is 108 cm³/mol. The van der Waals surface area contributed by atoms with E-state index in [0.717, 1.165) is 42.7 Å². The van der Waals surface area contributed by atoms with Crippen molar-refractivity contribution in [2.45, 2.75) is 26.6 Å². The lowest BCUT2D eigenvalue weighted by atomic mass is 10.1. The van der Waals surface area contributed by atoms with Crippen LogP contribution in [-0.2, 0) is 19.6 Å². The van der Waals surface area contributed by atoms with Crippen molar-refractivity contribution in [3.8, 4) is 11.5 Å². The minimum absolute atomic E-state index is 0.294. The average molecular weight is 368 g/mol. The number of rotatable bonds is 7. The highest BCUT2D eigenvalue weighted by Crippen LogP contribution is 2.32. The first-order valence-electron chi connectivity index (χ1n) is 9.27. The molecule has 1 aliphatic heterocycles. The van der Waals surface area contributed by atoms with E-state index in [2.05, 4.69) is 58.8 Å². The summed E-state index contributed by atoms with van der Waals surface area (Å²) in [6.45, 7) is 5.85. The molecule has 3 rings (SSSR count). The minimum atomic E-state index is 0.294. The molecule has 0 fully saturated rings. The number of fused-ring (bicyclic) bond motifs is 1. The van der Waals surface area contributed by atoms with Crippen LogP contribution in [0, 0.1) is 0 Å². The monoisotopic (exact) mass is 368 g/mol. The first-order chi connectivity index (χ1) is 13.2. The van der Waals surface area contributed by atoms with Gasteiger partial charge in [-0.2, -0.15) is 0 Å². The zero-order valence-corrected chi connectivity index (χ0v) is 16.3. The van der Waals surface area contributed by atoms with Crippen LogP contribution in [0.3, 0.4) is 0 Å². The molecule has 2 aromatic carbocycles. The molecule has 0 aliphatic carbocycles. The molecule has 0 aromatic heterocycles. The number of aliphatic imine (C=N–C) groups is 1. The van der Waals surface area contributed by atoms with E-state index >= 15 is 0 Å². The number of nitrogens with zero attached hydrogens (tertiary/aromatic N) is 2. The van der Waals surface area contributed by atoms with Crippen LogP contribution in [0.4, 0.5) is 0 Å². The van der Waals surface area contributed by atoms with Crippen molar-refractivity contribution < 1.29 is 9.47 Å². The molecule has 0 unspecified atom stereocenters. The lowest BCUT2D eigenvalue weighted by Crippen LogP contribution is -2.36. The maximum absolute atomic E-state index is 5.42. The molecule has 0 atom stereocenters. The SMILES string of the molecule is CCN(C)Cc1cccc(CNC(=NC)NCc2ccc3c(c2)OCO3)c1. The molecule has 0 radical (unpaired) electrons. The number of hydrogen-bond donors (Lipinski definition) is 2. The number of nitrogens with one attached hydrogen (secondary N) is 2. The number of guanidine groups is 1. The highest BCUT2D eigenvalue weighted by molar-refractivity contribution is 5.79. The van der Waals surface area contributed by atoms with Crippen molar-refractivity contribution >= 4 is 5.96 Å². The fourth-order valence-electron chi connectivity index (χ4n) is 2.90. The average Bonchev–Trinajstić information content (AvgIpc) is 3.16. The van der Waals surface area contributed by atoms with Gasteiger partial charge in [0.25, 0.3) is 0 Å². The molecular formula is C21H28N4O2. The fraction of sp³-hybridized carbons (Fsp3) is 0.381. The Hall–Kier alpha value is -2.73. The maximum atomic E-state index is 5.42. The van der Waals surface area contributed by atoms with E-state index in [-0.39, 0.29) is 0 Å². The first kappa shape index (κ1) is 19.0. The summed E-state index contributed by atoms with van der Waals surface area (Å²) in [5, 5.41) is 6.71. The third-order valence-corrected chi connectivity index (χ3v) is 4.56. The van der Waals surface area contributed by atoms with Crippen LogP contribution >= 0.6 is 0 Å². The van der Waals surface area contributed by atoms with Crippen LogP contribution in [-0.4, -0.2) is 38.3 Å². The normalized spacial score (nSPS) is 13.1. The molecule has 2 N–H and O–H groups in total. The summed E-state index contributed by atoms with van der Waals surface area (Å²) in [7, 11) is 3.91. The van der Waals surface area contributed by atoms with Crippen molar-refractivity contribution in [3.05, 3.63) is 59.2 Å². The van der Waals surface area contributed by atoms with E-state index in [1.807, 2.05) is 18.2 Å². The highest BCUT2D eigenvalue weighted by Gasteiger charge is 2.13. The predicted octanol–water partition coefficient (Wildman–Crippen LogP) is 2.73. The van der Waals surface area contributed by atoms with Crippen molar-refractivity contribution in [1.82, 2.24) is 15.5 Å². The standard InChI is InChI=1S/C21H28N4O2/c1-4-25(3)14-18-7-5-6-16(10-18)12-23-21(22-2)24-13-17-8-9-19-20(11-17)27-15-26-19/h5-11H,4,12-15H2,1-3H3,(H2,22,23,24). The molecule has 27 heavy (non-hydrogen) atoms. The number of hydrogen-bond acceptors (Lipinski definition) is 4. The molecule has 0 amide bonds. The summed E-state index contributed by atoms with van der Waals surface area (Å²) in [5.74, 6) is 2.37. The summed E-state index contributed by atoms with van der Waals surface area (Å²) in [6.07, 6.45) is 0. The number of benzene rings is 2. The summed E-state index contributed by atoms with van der Waals surface area (Å²) in [4.78, 5) is 6.60. The Morgan fingerprint density at radius 3 is 2.44 bits per heavy atom. The van der Waals surface area contributed by atoms with Crippen LogP contribution < -0.4 is 20.1 Å². The molecule has 1 aliphatic rings. The molecule has 0 saturated heterocycles. The zero-order chi connectivity index (χ0) is 19.1. The van der Waals surface area contributed by atoms with Gasteiger partial charge >= 0.3 is 0 Å². The van der Waals surface area contributed by atoms with E-state index in [1.54, 1.807) is 7.05 Å². The molecule has 0 spiro atoms. The van der Waals surface area contributed by atoms with Crippen LogP contribution in [0.5, 0.6) is 11.5 Å². The molecule has 2 aromatic rings. The lowest BCUT2D eigenvalue weighted by molar-refractivity contribution is 0.174. The first-order valence-corrected chi connectivity index (χ1v) is 9.27. The molecular weight excluding hydrogens is 340 g/mol. The smallest absolute Gasteiger partial charge is 0.231 e. The number of ether oxygens (including phenoxy) is 2. The second kappa shape index (κ2) is 9.28. The molecule has 1 heterocycles. The minimum Gasteiger partial charge on any atom is -0.454 e. The quantitative estimate of drug-likeness (QED) is 0.581. The summed E-state index contributed by atoms with van der Waals surface area (Å²) in [6, 6.07) is 14.6. The zero-order valence-electron chi connectivity index (χ0n) is 16.3. The third kappa shape index (κ3) is 5.37. The summed E-state index contributed by atoms with van der Waals surface area (Å²) in [5.41, 5.74) is 3.68. The van der Waals surface area contributed by atoms with Crippen LogP contribution in [0.2, 0.25) is 0 Å². The van der Waals surface area contributed by atoms with E-state index in [1.165, 1.54) is 11.1 Å². The van der Waals surface area contributed by atoms with E-state index < -0.39 is 0 Å². The summed E-state index contributed by atoms with van der Waals surface area (Å²) < 4.78 is 10.8. The molecule has 6 nitrogen and oxygen atoms in total. The van der Waals surface area contributed by atoms with Crippen LogP contribution in [0.1, 0.15) is 23.6 Å². The molecule has 0 bridgehead atoms. The van der Waals surface area contributed by atoms with Crippen molar-refractivity contribution in [2.75, 3.05) is 27.4 Å². The van der Waals surface area contributed by atoms with Gasteiger partial charge in [0.15, 0.2) is 17.5 Å². The molecule has 144 valence electrons. The summed E-state index contributed by atoms with van der Waals surface area (Å²) >= 11 is 0. The van der Waals surface area contributed by atoms with Crippen molar-refractivity contribution in [2.24, 2.45) is 4.99 Å². The lowest BCUT2D eigenvalue weighted by Gasteiger charge is -2.15. The topological polar surface area (TPSA) is 58.1 Å².